The minimum Gasteiger partial charge on any atom is -0.367 e. The van der Waals surface area contributed by atoms with Gasteiger partial charge >= 0.3 is 0 Å². The molecule has 1 aromatic heterocycles. The summed E-state index contributed by atoms with van der Waals surface area (Å²) in [6, 6.07) is 2.86. The maximum absolute atomic E-state index is 3.53. The van der Waals surface area contributed by atoms with Crippen LogP contribution in [0, 0.1) is 0 Å². The Hall–Kier alpha value is -0.800. The van der Waals surface area contributed by atoms with Crippen molar-refractivity contribution in [2.24, 2.45) is 0 Å². The summed E-state index contributed by atoms with van der Waals surface area (Å²) < 4.78 is 0. The summed E-state index contributed by atoms with van der Waals surface area (Å²) in [7, 11) is 2.24. The molecule has 2 rings (SSSR count). The molecule has 1 atom stereocenters. The Kier molecular flexibility index (Phi) is 3.80. The highest BCUT2D eigenvalue weighted by atomic mass is 15.2. The minimum atomic E-state index is 0.734. The van der Waals surface area contributed by atoms with Crippen molar-refractivity contribution in [3.63, 3.8) is 0 Å². The van der Waals surface area contributed by atoms with Gasteiger partial charge in [0, 0.05) is 31.5 Å². The van der Waals surface area contributed by atoms with Crippen LogP contribution in [-0.2, 0) is 6.54 Å². The summed E-state index contributed by atoms with van der Waals surface area (Å²) >= 11 is 0. The fourth-order valence-electron chi connectivity index (χ4n) is 2.25. The lowest BCUT2D eigenvalue weighted by Gasteiger charge is -2.32. The summed E-state index contributed by atoms with van der Waals surface area (Å²) in [5.41, 5.74) is 1.34. The number of likely N-dealkylation sites (N-methyl/N-ethyl adjacent to an activating group) is 1. The number of rotatable bonds is 4. The number of piperidine rings is 1. The first-order valence-corrected chi connectivity index (χ1v) is 5.89. The highest BCUT2D eigenvalue weighted by Crippen LogP contribution is 2.14. The van der Waals surface area contributed by atoms with Gasteiger partial charge in [-0.3, -0.25) is 0 Å². The number of aromatic amines is 1. The lowest BCUT2D eigenvalue weighted by atomic mass is 10.0. The van der Waals surface area contributed by atoms with E-state index in [0.717, 1.165) is 19.1 Å². The summed E-state index contributed by atoms with van der Waals surface area (Å²) in [6.45, 7) is 3.35. The van der Waals surface area contributed by atoms with Crippen LogP contribution in [0.1, 0.15) is 24.8 Å². The molecule has 1 aliphatic heterocycles. The molecular weight excluding hydrogens is 186 g/mol. The summed E-state index contributed by atoms with van der Waals surface area (Å²) in [5, 5.41) is 3.53. The van der Waals surface area contributed by atoms with E-state index in [0.29, 0.717) is 0 Å². The molecule has 0 radical (unpaired) electrons. The molecule has 0 bridgehead atoms. The lowest BCUT2D eigenvalue weighted by molar-refractivity contribution is 0.181. The maximum Gasteiger partial charge on any atom is 0.0221 e. The van der Waals surface area contributed by atoms with Crippen LogP contribution in [0.25, 0.3) is 0 Å². The smallest absolute Gasteiger partial charge is 0.0221 e. The molecule has 0 aliphatic carbocycles. The molecule has 1 unspecified atom stereocenters. The van der Waals surface area contributed by atoms with Crippen LogP contribution in [0.3, 0.4) is 0 Å². The molecule has 0 aromatic carbocycles. The van der Waals surface area contributed by atoms with E-state index < -0.39 is 0 Å². The van der Waals surface area contributed by atoms with E-state index in [1.165, 1.54) is 31.4 Å². The predicted molar refractivity (Wildman–Crippen MR) is 62.8 cm³/mol. The molecule has 2 N–H and O–H groups in total. The van der Waals surface area contributed by atoms with Crippen LogP contribution in [-0.4, -0.2) is 36.1 Å². The van der Waals surface area contributed by atoms with Crippen LogP contribution in [0.2, 0.25) is 0 Å². The van der Waals surface area contributed by atoms with Gasteiger partial charge in [0.1, 0.15) is 0 Å². The number of hydrogen-bond acceptors (Lipinski definition) is 2. The van der Waals surface area contributed by atoms with Crippen LogP contribution in [0.5, 0.6) is 0 Å². The summed E-state index contributed by atoms with van der Waals surface area (Å²) in [6.07, 6.45) is 8.13. The van der Waals surface area contributed by atoms with Gasteiger partial charge in [0.05, 0.1) is 0 Å². The fraction of sp³-hybridized carbons (Fsp3) is 0.667. The molecule has 3 heteroatoms. The molecule has 0 amide bonds. The van der Waals surface area contributed by atoms with Gasteiger partial charge in [-0.05, 0) is 38.1 Å². The average Bonchev–Trinajstić information content (AvgIpc) is 2.74. The number of aromatic nitrogens is 1. The highest BCUT2D eigenvalue weighted by molar-refractivity contribution is 5.07. The first-order chi connectivity index (χ1) is 7.36. The van der Waals surface area contributed by atoms with Gasteiger partial charge in [-0.2, -0.15) is 0 Å². The van der Waals surface area contributed by atoms with E-state index in [4.69, 9.17) is 0 Å². The number of H-pyrrole nitrogens is 1. The zero-order chi connectivity index (χ0) is 10.5. The van der Waals surface area contributed by atoms with Crippen LogP contribution in [0.4, 0.5) is 0 Å². The molecule has 1 fully saturated rings. The molecule has 3 nitrogen and oxygen atoms in total. The van der Waals surface area contributed by atoms with E-state index in [-0.39, 0.29) is 0 Å². The minimum absolute atomic E-state index is 0.734. The Labute approximate surface area is 91.9 Å². The Morgan fingerprint density at radius 3 is 3.20 bits per heavy atom. The Morgan fingerprint density at radius 2 is 2.47 bits per heavy atom. The fourth-order valence-corrected chi connectivity index (χ4v) is 2.25. The molecule has 1 aromatic rings. The van der Waals surface area contributed by atoms with Crippen molar-refractivity contribution in [3.05, 3.63) is 24.0 Å². The average molecular weight is 207 g/mol. The zero-order valence-corrected chi connectivity index (χ0v) is 9.50. The largest absolute Gasteiger partial charge is 0.367 e. The van der Waals surface area contributed by atoms with E-state index in [9.17, 15) is 0 Å². The van der Waals surface area contributed by atoms with Crippen LogP contribution < -0.4 is 5.32 Å². The standard InChI is InChI=1S/C12H21N3/c1-15-7-3-2-4-12(15)10-14-9-11-5-6-13-8-11/h5-6,8,12-14H,2-4,7,9-10H2,1H3. The van der Waals surface area contributed by atoms with Crippen molar-refractivity contribution in [1.82, 2.24) is 15.2 Å². The number of hydrogen-bond donors (Lipinski definition) is 2. The predicted octanol–water partition coefficient (Wildman–Crippen LogP) is 1.59. The second-order valence-corrected chi connectivity index (χ2v) is 4.48. The molecule has 15 heavy (non-hydrogen) atoms. The molecule has 2 heterocycles. The monoisotopic (exact) mass is 207 g/mol. The second kappa shape index (κ2) is 5.33. The summed E-state index contributed by atoms with van der Waals surface area (Å²) in [5.74, 6) is 0. The maximum atomic E-state index is 3.53. The lowest BCUT2D eigenvalue weighted by Crippen LogP contribution is -2.42. The van der Waals surface area contributed by atoms with Crippen LogP contribution >= 0.6 is 0 Å². The van der Waals surface area contributed by atoms with Crippen molar-refractivity contribution in [2.45, 2.75) is 31.8 Å². The third-order valence-corrected chi connectivity index (χ3v) is 3.29. The highest BCUT2D eigenvalue weighted by Gasteiger charge is 2.17. The van der Waals surface area contributed by atoms with Crippen LogP contribution in [0.15, 0.2) is 18.5 Å². The number of nitrogens with one attached hydrogen (secondary N) is 2. The Morgan fingerprint density at radius 1 is 1.53 bits per heavy atom. The van der Waals surface area contributed by atoms with E-state index in [1.807, 2.05) is 6.20 Å². The normalized spacial score (nSPS) is 23.1. The third-order valence-electron chi connectivity index (χ3n) is 3.29. The molecule has 1 saturated heterocycles. The van der Waals surface area contributed by atoms with E-state index >= 15 is 0 Å². The topological polar surface area (TPSA) is 31.1 Å². The third kappa shape index (κ3) is 3.08. The molecule has 1 aliphatic rings. The SMILES string of the molecule is CN1CCCCC1CNCc1cc[nH]c1. The molecule has 0 spiro atoms. The second-order valence-electron chi connectivity index (χ2n) is 4.48. The number of likely N-dealkylation sites (tertiary alicyclic amines) is 1. The zero-order valence-electron chi connectivity index (χ0n) is 9.50. The van der Waals surface area contributed by atoms with E-state index in [2.05, 4.69) is 34.5 Å². The Balaban J connectivity index is 1.68. The van der Waals surface area contributed by atoms with Gasteiger partial charge < -0.3 is 15.2 Å². The van der Waals surface area contributed by atoms with Gasteiger partial charge in [-0.25, -0.2) is 0 Å². The van der Waals surface area contributed by atoms with Gasteiger partial charge in [-0.15, -0.1) is 0 Å². The molecule has 0 saturated carbocycles. The summed E-state index contributed by atoms with van der Waals surface area (Å²) in [4.78, 5) is 5.56. The first kappa shape index (κ1) is 10.7. The van der Waals surface area contributed by atoms with E-state index in [1.54, 1.807) is 0 Å². The van der Waals surface area contributed by atoms with Gasteiger partial charge in [0.2, 0.25) is 0 Å². The van der Waals surface area contributed by atoms with Crippen molar-refractivity contribution < 1.29 is 0 Å². The molecule has 84 valence electrons. The molecular formula is C12H21N3. The van der Waals surface area contributed by atoms with Gasteiger partial charge in [0.15, 0.2) is 0 Å². The van der Waals surface area contributed by atoms with Gasteiger partial charge in [0.25, 0.3) is 0 Å². The van der Waals surface area contributed by atoms with Crippen molar-refractivity contribution in [3.8, 4) is 0 Å². The Bertz CT molecular complexity index is 268. The van der Waals surface area contributed by atoms with Crippen molar-refractivity contribution in [2.75, 3.05) is 20.1 Å². The van der Waals surface area contributed by atoms with Gasteiger partial charge in [-0.1, -0.05) is 6.42 Å². The number of nitrogens with zero attached hydrogens (tertiary/aromatic N) is 1. The quantitative estimate of drug-likeness (QED) is 0.785. The first-order valence-electron chi connectivity index (χ1n) is 5.89. The van der Waals surface area contributed by atoms with Crippen molar-refractivity contribution >= 4 is 0 Å². The van der Waals surface area contributed by atoms with Crippen molar-refractivity contribution in [1.29, 1.82) is 0 Å².